The third kappa shape index (κ3) is 4.68. The Morgan fingerprint density at radius 1 is 1.09 bits per heavy atom. The molecule has 0 saturated heterocycles. The van der Waals surface area contributed by atoms with E-state index in [1.807, 2.05) is 49.4 Å². The SMILES string of the molecule is CC(/C=N\NC(=O)[C@@H](O)c1ccccc1)=C\c1ccccc1. The van der Waals surface area contributed by atoms with Crippen molar-refractivity contribution in [1.82, 2.24) is 5.43 Å². The summed E-state index contributed by atoms with van der Waals surface area (Å²) >= 11 is 0. The van der Waals surface area contributed by atoms with Gasteiger partial charge < -0.3 is 5.11 Å². The van der Waals surface area contributed by atoms with E-state index in [-0.39, 0.29) is 0 Å². The van der Waals surface area contributed by atoms with Crippen molar-refractivity contribution in [2.24, 2.45) is 5.10 Å². The summed E-state index contributed by atoms with van der Waals surface area (Å²) < 4.78 is 0. The van der Waals surface area contributed by atoms with Crippen LogP contribution in [0.25, 0.3) is 6.08 Å². The van der Waals surface area contributed by atoms with E-state index < -0.39 is 12.0 Å². The average Bonchev–Trinajstić information content (AvgIpc) is 2.55. The van der Waals surface area contributed by atoms with Crippen LogP contribution in [0, 0.1) is 0 Å². The predicted octanol–water partition coefficient (Wildman–Crippen LogP) is 2.93. The number of hydrogen-bond acceptors (Lipinski definition) is 3. The second kappa shape index (κ2) is 7.90. The van der Waals surface area contributed by atoms with Gasteiger partial charge in [-0.05, 0) is 23.6 Å². The fraction of sp³-hybridized carbons (Fsp3) is 0.111. The number of aliphatic hydroxyl groups excluding tert-OH is 1. The maximum absolute atomic E-state index is 11.8. The Kier molecular flexibility index (Phi) is 5.63. The van der Waals surface area contributed by atoms with Crippen molar-refractivity contribution in [3.8, 4) is 0 Å². The molecular weight excluding hydrogens is 276 g/mol. The van der Waals surface area contributed by atoms with E-state index >= 15 is 0 Å². The molecule has 0 aliphatic carbocycles. The number of rotatable bonds is 5. The minimum absolute atomic E-state index is 0.534. The Balaban J connectivity index is 1.92. The van der Waals surface area contributed by atoms with Gasteiger partial charge in [-0.3, -0.25) is 4.79 Å². The van der Waals surface area contributed by atoms with Gasteiger partial charge in [0.15, 0.2) is 6.10 Å². The van der Waals surface area contributed by atoms with Crippen LogP contribution in [0.2, 0.25) is 0 Å². The molecule has 22 heavy (non-hydrogen) atoms. The number of allylic oxidation sites excluding steroid dienone is 1. The molecule has 112 valence electrons. The van der Waals surface area contributed by atoms with Crippen LogP contribution >= 0.6 is 0 Å². The molecule has 2 N–H and O–H groups in total. The normalized spacial score (nSPS) is 13.1. The molecule has 0 aromatic heterocycles. The smallest absolute Gasteiger partial charge is 0.273 e. The first-order chi connectivity index (χ1) is 10.7. The molecular formula is C18H18N2O2. The monoisotopic (exact) mass is 294 g/mol. The van der Waals surface area contributed by atoms with Crippen LogP contribution < -0.4 is 5.43 Å². The number of hydrogen-bond donors (Lipinski definition) is 2. The summed E-state index contributed by atoms with van der Waals surface area (Å²) in [7, 11) is 0. The molecule has 0 spiro atoms. The average molecular weight is 294 g/mol. The quantitative estimate of drug-likeness (QED) is 0.658. The Morgan fingerprint density at radius 3 is 2.32 bits per heavy atom. The number of carbonyl (C=O) groups is 1. The van der Waals surface area contributed by atoms with Crippen molar-refractivity contribution < 1.29 is 9.90 Å². The van der Waals surface area contributed by atoms with Gasteiger partial charge in [0, 0.05) is 0 Å². The standard InChI is InChI=1S/C18H18N2O2/c1-14(12-15-8-4-2-5-9-15)13-19-20-18(22)17(21)16-10-6-3-7-11-16/h2-13,17,21H,1H3,(H,20,22)/b14-12+,19-13-/t17-/m0/s1. The zero-order valence-corrected chi connectivity index (χ0v) is 12.3. The fourth-order valence-electron chi connectivity index (χ4n) is 1.89. The molecule has 1 atom stereocenters. The van der Waals surface area contributed by atoms with Gasteiger partial charge in [0.25, 0.3) is 5.91 Å². The van der Waals surface area contributed by atoms with Crippen LogP contribution in [-0.4, -0.2) is 17.2 Å². The molecule has 4 nitrogen and oxygen atoms in total. The molecule has 2 aromatic rings. The van der Waals surface area contributed by atoms with Gasteiger partial charge in [0.2, 0.25) is 0 Å². The number of aliphatic hydroxyl groups is 1. The second-order valence-corrected chi connectivity index (χ2v) is 4.85. The minimum atomic E-state index is -1.23. The van der Waals surface area contributed by atoms with E-state index in [1.165, 1.54) is 0 Å². The molecule has 0 radical (unpaired) electrons. The summed E-state index contributed by atoms with van der Waals surface area (Å²) in [4.78, 5) is 11.8. The third-order valence-corrected chi connectivity index (χ3v) is 3.00. The van der Waals surface area contributed by atoms with Crippen LogP contribution in [0.5, 0.6) is 0 Å². The molecule has 0 aliphatic rings. The third-order valence-electron chi connectivity index (χ3n) is 3.00. The van der Waals surface area contributed by atoms with Crippen LogP contribution in [0.15, 0.2) is 71.3 Å². The predicted molar refractivity (Wildman–Crippen MR) is 88.1 cm³/mol. The first-order valence-electron chi connectivity index (χ1n) is 6.96. The van der Waals surface area contributed by atoms with Crippen molar-refractivity contribution >= 4 is 18.2 Å². The van der Waals surface area contributed by atoms with Crippen LogP contribution in [0.3, 0.4) is 0 Å². The molecule has 4 heteroatoms. The highest BCUT2D eigenvalue weighted by Gasteiger charge is 2.15. The first-order valence-corrected chi connectivity index (χ1v) is 6.96. The lowest BCUT2D eigenvalue weighted by molar-refractivity contribution is -0.129. The van der Waals surface area contributed by atoms with Crippen LogP contribution in [-0.2, 0) is 4.79 Å². The summed E-state index contributed by atoms with van der Waals surface area (Å²) in [5.41, 5.74) is 4.82. The Labute approximate surface area is 129 Å². The highest BCUT2D eigenvalue weighted by molar-refractivity contribution is 5.87. The van der Waals surface area contributed by atoms with E-state index in [2.05, 4.69) is 10.5 Å². The molecule has 0 saturated carbocycles. The number of amides is 1. The Morgan fingerprint density at radius 2 is 1.68 bits per heavy atom. The molecule has 0 aliphatic heterocycles. The zero-order valence-electron chi connectivity index (χ0n) is 12.3. The molecule has 0 unspecified atom stereocenters. The maximum atomic E-state index is 11.8. The summed E-state index contributed by atoms with van der Waals surface area (Å²) in [5, 5.41) is 13.8. The van der Waals surface area contributed by atoms with E-state index in [4.69, 9.17) is 0 Å². The number of carbonyl (C=O) groups excluding carboxylic acids is 1. The highest BCUT2D eigenvalue weighted by Crippen LogP contribution is 2.11. The molecule has 0 heterocycles. The van der Waals surface area contributed by atoms with Gasteiger partial charge >= 0.3 is 0 Å². The number of nitrogens with zero attached hydrogens (tertiary/aromatic N) is 1. The highest BCUT2D eigenvalue weighted by atomic mass is 16.3. The fourth-order valence-corrected chi connectivity index (χ4v) is 1.89. The molecule has 0 bridgehead atoms. The van der Waals surface area contributed by atoms with E-state index in [1.54, 1.807) is 30.5 Å². The lowest BCUT2D eigenvalue weighted by Crippen LogP contribution is -2.25. The minimum Gasteiger partial charge on any atom is -0.378 e. The van der Waals surface area contributed by atoms with Gasteiger partial charge in [0.05, 0.1) is 6.21 Å². The summed E-state index contributed by atoms with van der Waals surface area (Å²) in [6, 6.07) is 18.6. The van der Waals surface area contributed by atoms with Crippen LogP contribution in [0.4, 0.5) is 0 Å². The van der Waals surface area contributed by atoms with Crippen LogP contribution in [0.1, 0.15) is 24.2 Å². The van der Waals surface area contributed by atoms with Crippen molar-refractivity contribution in [3.05, 3.63) is 77.4 Å². The molecule has 0 fully saturated rings. The van der Waals surface area contributed by atoms with E-state index in [0.29, 0.717) is 5.56 Å². The maximum Gasteiger partial charge on any atom is 0.273 e. The zero-order chi connectivity index (χ0) is 15.8. The van der Waals surface area contributed by atoms with Crippen molar-refractivity contribution in [3.63, 3.8) is 0 Å². The van der Waals surface area contributed by atoms with E-state index in [9.17, 15) is 9.90 Å². The summed E-state index contributed by atoms with van der Waals surface area (Å²) in [6.45, 7) is 1.89. The largest absolute Gasteiger partial charge is 0.378 e. The number of hydrazone groups is 1. The topological polar surface area (TPSA) is 61.7 Å². The number of nitrogens with one attached hydrogen (secondary N) is 1. The van der Waals surface area contributed by atoms with Gasteiger partial charge in [0.1, 0.15) is 0 Å². The Bertz CT molecular complexity index is 664. The van der Waals surface area contributed by atoms with Crippen molar-refractivity contribution in [1.29, 1.82) is 0 Å². The van der Waals surface area contributed by atoms with Gasteiger partial charge in [-0.15, -0.1) is 0 Å². The Hall–Kier alpha value is -2.72. The lowest BCUT2D eigenvalue weighted by Gasteiger charge is -2.08. The van der Waals surface area contributed by atoms with Crippen molar-refractivity contribution in [2.75, 3.05) is 0 Å². The lowest BCUT2D eigenvalue weighted by atomic mass is 10.1. The number of benzene rings is 2. The first kappa shape index (κ1) is 15.7. The second-order valence-electron chi connectivity index (χ2n) is 4.85. The molecule has 2 rings (SSSR count). The molecule has 2 aromatic carbocycles. The van der Waals surface area contributed by atoms with Gasteiger partial charge in [-0.2, -0.15) is 5.10 Å². The van der Waals surface area contributed by atoms with E-state index in [0.717, 1.165) is 11.1 Å². The molecule has 1 amide bonds. The van der Waals surface area contributed by atoms with Gasteiger partial charge in [-0.25, -0.2) is 5.43 Å². The van der Waals surface area contributed by atoms with Gasteiger partial charge in [-0.1, -0.05) is 66.7 Å². The van der Waals surface area contributed by atoms with Crippen molar-refractivity contribution in [2.45, 2.75) is 13.0 Å². The summed E-state index contributed by atoms with van der Waals surface area (Å²) in [5.74, 6) is -0.560. The summed E-state index contributed by atoms with van der Waals surface area (Å²) in [6.07, 6.45) is 2.27.